The molecule has 5 heteroatoms. The van der Waals surface area contributed by atoms with Gasteiger partial charge >= 0.3 is 0 Å². The summed E-state index contributed by atoms with van der Waals surface area (Å²) in [7, 11) is 0. The predicted molar refractivity (Wildman–Crippen MR) is 89.0 cm³/mol. The van der Waals surface area contributed by atoms with Gasteiger partial charge in [0.25, 0.3) is 0 Å². The average molecular weight is 303 g/mol. The van der Waals surface area contributed by atoms with Gasteiger partial charge in [0.15, 0.2) is 5.96 Å². The summed E-state index contributed by atoms with van der Waals surface area (Å²) >= 11 is 1.75. The first-order chi connectivity index (χ1) is 10.2. The monoisotopic (exact) mass is 303 g/mol. The third-order valence-corrected chi connectivity index (χ3v) is 3.79. The van der Waals surface area contributed by atoms with Gasteiger partial charge in [0.05, 0.1) is 6.54 Å². The molecule has 3 N–H and O–H groups in total. The maximum Gasteiger partial charge on any atom is 0.188 e. The molecule has 2 rings (SSSR count). The summed E-state index contributed by atoms with van der Waals surface area (Å²) in [6.45, 7) is 3.31. The molecule has 0 aliphatic carbocycles. The van der Waals surface area contributed by atoms with E-state index in [0.717, 1.165) is 18.7 Å². The zero-order valence-electron chi connectivity index (χ0n) is 12.2. The molecule has 21 heavy (non-hydrogen) atoms. The Morgan fingerprint density at radius 3 is 2.81 bits per heavy atom. The van der Waals surface area contributed by atoms with Crippen molar-refractivity contribution in [2.24, 2.45) is 10.7 Å². The number of thiophene rings is 1. The molecule has 0 bridgehead atoms. The third-order valence-electron chi connectivity index (χ3n) is 2.86. The van der Waals surface area contributed by atoms with Crippen LogP contribution < -0.4 is 15.8 Å². The number of nitrogens with one attached hydrogen (secondary N) is 1. The van der Waals surface area contributed by atoms with Crippen molar-refractivity contribution in [3.05, 3.63) is 52.7 Å². The Bertz CT molecular complexity index is 540. The molecule has 0 amide bonds. The normalized spacial score (nSPS) is 12.9. The Labute approximate surface area is 129 Å². The standard InChI is InChI=1S/C16H21N3OS/c1-13(20-14-6-3-2-4-7-14)12-19-16(17)18-10-9-15-8-5-11-21-15/h2-8,11,13H,9-10,12H2,1H3,(H3,17,18,19). The number of nitrogens with two attached hydrogens (primary N) is 1. The molecule has 2 aromatic rings. The fourth-order valence-electron chi connectivity index (χ4n) is 1.82. The smallest absolute Gasteiger partial charge is 0.188 e. The van der Waals surface area contributed by atoms with E-state index in [0.29, 0.717) is 12.5 Å². The Morgan fingerprint density at radius 2 is 2.10 bits per heavy atom. The number of hydrogen-bond acceptors (Lipinski definition) is 3. The number of aliphatic imine (C=N–C) groups is 1. The van der Waals surface area contributed by atoms with Crippen LogP contribution in [0.5, 0.6) is 5.75 Å². The number of guanidine groups is 1. The molecule has 1 unspecified atom stereocenters. The van der Waals surface area contributed by atoms with Crippen LogP contribution in [-0.4, -0.2) is 25.2 Å². The van der Waals surface area contributed by atoms with Crippen molar-refractivity contribution < 1.29 is 4.74 Å². The Morgan fingerprint density at radius 1 is 1.29 bits per heavy atom. The number of benzene rings is 1. The minimum Gasteiger partial charge on any atom is -0.489 e. The van der Waals surface area contributed by atoms with E-state index in [4.69, 9.17) is 10.5 Å². The minimum absolute atomic E-state index is 0.00922. The second-order valence-electron chi connectivity index (χ2n) is 4.72. The SMILES string of the molecule is CC(CN=C(N)NCCc1cccs1)Oc1ccccc1. The quantitative estimate of drug-likeness (QED) is 0.610. The second-order valence-corrected chi connectivity index (χ2v) is 5.76. The van der Waals surface area contributed by atoms with Crippen molar-refractivity contribution in [2.75, 3.05) is 13.1 Å². The zero-order valence-corrected chi connectivity index (χ0v) is 13.0. The second kappa shape index (κ2) is 8.32. The molecule has 0 spiro atoms. The van der Waals surface area contributed by atoms with Crippen molar-refractivity contribution in [3.8, 4) is 5.75 Å². The first kappa shape index (κ1) is 15.4. The molecule has 1 aromatic heterocycles. The number of rotatable bonds is 7. The Kier molecular flexibility index (Phi) is 6.09. The van der Waals surface area contributed by atoms with Gasteiger partial charge in [-0.25, -0.2) is 4.99 Å². The lowest BCUT2D eigenvalue weighted by Crippen LogP contribution is -2.34. The Hall–Kier alpha value is -2.01. The maximum absolute atomic E-state index is 5.84. The summed E-state index contributed by atoms with van der Waals surface area (Å²) in [5, 5.41) is 5.20. The molecule has 0 saturated heterocycles. The van der Waals surface area contributed by atoms with Crippen LogP contribution in [0, 0.1) is 0 Å². The molecular weight excluding hydrogens is 282 g/mol. The van der Waals surface area contributed by atoms with E-state index in [-0.39, 0.29) is 6.10 Å². The van der Waals surface area contributed by atoms with Crippen molar-refractivity contribution in [1.82, 2.24) is 5.32 Å². The first-order valence-electron chi connectivity index (χ1n) is 7.02. The summed E-state index contributed by atoms with van der Waals surface area (Å²) in [6, 6.07) is 13.9. The van der Waals surface area contributed by atoms with Gasteiger partial charge in [0.1, 0.15) is 11.9 Å². The molecule has 1 heterocycles. The van der Waals surface area contributed by atoms with E-state index in [2.05, 4.69) is 27.8 Å². The predicted octanol–water partition coefficient (Wildman–Crippen LogP) is 2.66. The lowest BCUT2D eigenvalue weighted by molar-refractivity contribution is 0.230. The summed E-state index contributed by atoms with van der Waals surface area (Å²) in [5.41, 5.74) is 5.84. The van der Waals surface area contributed by atoms with Gasteiger partial charge in [-0.3, -0.25) is 0 Å². The van der Waals surface area contributed by atoms with Gasteiger partial charge in [0, 0.05) is 11.4 Å². The van der Waals surface area contributed by atoms with Crippen LogP contribution in [0.3, 0.4) is 0 Å². The van der Waals surface area contributed by atoms with Crippen LogP contribution >= 0.6 is 11.3 Å². The number of para-hydroxylation sites is 1. The highest BCUT2D eigenvalue weighted by atomic mass is 32.1. The van der Waals surface area contributed by atoms with Crippen LogP contribution in [0.1, 0.15) is 11.8 Å². The van der Waals surface area contributed by atoms with E-state index in [1.807, 2.05) is 37.3 Å². The number of ether oxygens (including phenoxy) is 1. The molecule has 112 valence electrons. The van der Waals surface area contributed by atoms with Crippen LogP contribution in [0.2, 0.25) is 0 Å². The van der Waals surface area contributed by atoms with E-state index in [9.17, 15) is 0 Å². The van der Waals surface area contributed by atoms with Gasteiger partial charge in [-0.15, -0.1) is 11.3 Å². The topological polar surface area (TPSA) is 59.6 Å². The number of hydrogen-bond donors (Lipinski definition) is 2. The molecule has 1 aromatic carbocycles. The van der Waals surface area contributed by atoms with Crippen LogP contribution in [0.4, 0.5) is 0 Å². The van der Waals surface area contributed by atoms with Crippen molar-refractivity contribution in [2.45, 2.75) is 19.4 Å². The highest BCUT2D eigenvalue weighted by Crippen LogP contribution is 2.10. The minimum atomic E-state index is -0.00922. The fraction of sp³-hybridized carbons (Fsp3) is 0.312. The molecule has 0 saturated carbocycles. The van der Waals surface area contributed by atoms with E-state index in [1.54, 1.807) is 11.3 Å². The van der Waals surface area contributed by atoms with E-state index >= 15 is 0 Å². The highest BCUT2D eigenvalue weighted by Gasteiger charge is 2.03. The van der Waals surface area contributed by atoms with Gasteiger partial charge in [-0.1, -0.05) is 24.3 Å². The fourth-order valence-corrected chi connectivity index (χ4v) is 2.53. The summed E-state index contributed by atoms with van der Waals surface area (Å²) in [6.07, 6.45) is 0.953. The lowest BCUT2D eigenvalue weighted by Gasteiger charge is -2.13. The molecule has 4 nitrogen and oxygen atoms in total. The largest absolute Gasteiger partial charge is 0.489 e. The van der Waals surface area contributed by atoms with Gasteiger partial charge in [-0.2, -0.15) is 0 Å². The molecule has 0 aliphatic rings. The maximum atomic E-state index is 5.84. The summed E-state index contributed by atoms with van der Waals surface area (Å²) in [4.78, 5) is 5.64. The van der Waals surface area contributed by atoms with Crippen molar-refractivity contribution in [3.63, 3.8) is 0 Å². The van der Waals surface area contributed by atoms with Gasteiger partial charge in [-0.05, 0) is 36.9 Å². The van der Waals surface area contributed by atoms with Gasteiger partial charge in [0.2, 0.25) is 0 Å². The highest BCUT2D eigenvalue weighted by molar-refractivity contribution is 7.09. The average Bonchev–Trinajstić information content (AvgIpc) is 2.99. The van der Waals surface area contributed by atoms with Crippen LogP contribution in [0.15, 0.2) is 52.8 Å². The van der Waals surface area contributed by atoms with E-state index in [1.165, 1.54) is 4.88 Å². The zero-order chi connectivity index (χ0) is 14.9. The molecule has 0 radical (unpaired) electrons. The van der Waals surface area contributed by atoms with E-state index < -0.39 is 0 Å². The van der Waals surface area contributed by atoms with Crippen LogP contribution in [-0.2, 0) is 6.42 Å². The molecule has 1 atom stereocenters. The summed E-state index contributed by atoms with van der Waals surface area (Å²) < 4.78 is 5.74. The number of nitrogens with zero attached hydrogens (tertiary/aromatic N) is 1. The first-order valence-corrected chi connectivity index (χ1v) is 7.90. The van der Waals surface area contributed by atoms with Gasteiger partial charge < -0.3 is 15.8 Å². The molecule has 0 aliphatic heterocycles. The lowest BCUT2D eigenvalue weighted by atomic mass is 10.3. The Balaban J connectivity index is 1.67. The van der Waals surface area contributed by atoms with Crippen LogP contribution in [0.25, 0.3) is 0 Å². The summed E-state index contributed by atoms with van der Waals surface area (Å²) in [5.74, 6) is 1.32. The third kappa shape index (κ3) is 5.87. The van der Waals surface area contributed by atoms with Crippen molar-refractivity contribution in [1.29, 1.82) is 0 Å². The molecule has 0 fully saturated rings. The molecular formula is C16H21N3OS. The van der Waals surface area contributed by atoms with Crippen molar-refractivity contribution >= 4 is 17.3 Å².